The summed E-state index contributed by atoms with van der Waals surface area (Å²) in [6.07, 6.45) is -0.0248. The van der Waals surface area contributed by atoms with Gasteiger partial charge in [0.05, 0.1) is 5.56 Å². The van der Waals surface area contributed by atoms with Crippen LogP contribution in [0.2, 0.25) is 0 Å². The fourth-order valence-electron chi connectivity index (χ4n) is 0.966. The number of carbonyl (C=O) groups excluding carboxylic acids is 1. The van der Waals surface area contributed by atoms with Crippen LogP contribution in [-0.2, 0) is 0 Å². The van der Waals surface area contributed by atoms with E-state index in [9.17, 15) is 13.6 Å². The largest absolute Gasteiger partial charge is 0.492 e. The van der Waals surface area contributed by atoms with E-state index in [1.54, 1.807) is 0 Å². The molecule has 1 aromatic carbocycles. The molecule has 0 aromatic heterocycles. The van der Waals surface area contributed by atoms with E-state index in [2.05, 4.69) is 15.9 Å². The van der Waals surface area contributed by atoms with Gasteiger partial charge in [0, 0.05) is 9.94 Å². The maximum atomic E-state index is 13.2. The van der Waals surface area contributed by atoms with Gasteiger partial charge in [-0.05, 0) is 6.07 Å². The first-order valence-corrected chi connectivity index (χ1v) is 4.27. The molecule has 0 bridgehead atoms. The first kappa shape index (κ1) is 11.3. The van der Waals surface area contributed by atoms with Gasteiger partial charge in [0.25, 0.3) is 0 Å². The third-order valence-electron chi connectivity index (χ3n) is 1.62. The molecule has 0 radical (unpaired) electrons. The molecule has 2 N–H and O–H groups in total. The Morgan fingerprint density at radius 3 is 2.43 bits per heavy atom. The zero-order valence-corrected chi connectivity index (χ0v) is 8.25. The van der Waals surface area contributed by atoms with Gasteiger partial charge in [-0.15, -0.1) is 0 Å². The third kappa shape index (κ3) is 1.84. The minimum atomic E-state index is -2.11. The average Bonchev–Trinajstić information content (AvgIpc) is 2.02. The summed E-state index contributed by atoms with van der Waals surface area (Å²) >= 11 is 2.75. The van der Waals surface area contributed by atoms with Crippen molar-refractivity contribution in [3.63, 3.8) is 0 Å². The van der Waals surface area contributed by atoms with Crippen LogP contribution in [0, 0.1) is 11.6 Å². The first-order chi connectivity index (χ1) is 6.49. The molecule has 0 aliphatic rings. The highest BCUT2D eigenvalue weighted by atomic mass is 79.9. The molecule has 74 valence electrons. The van der Waals surface area contributed by atoms with Gasteiger partial charge in [0.15, 0.2) is 6.29 Å². The highest BCUT2D eigenvalue weighted by Crippen LogP contribution is 2.16. The van der Waals surface area contributed by atoms with Crippen molar-refractivity contribution in [1.82, 2.24) is 0 Å². The fourth-order valence-corrected chi connectivity index (χ4v) is 1.55. The van der Waals surface area contributed by atoms with Crippen LogP contribution in [0.15, 0.2) is 10.5 Å². The maximum absolute atomic E-state index is 13.2. The Hall–Kier alpha value is -0.785. The van der Waals surface area contributed by atoms with Crippen molar-refractivity contribution < 1.29 is 23.6 Å². The standard InChI is InChI=1S/C7H4BBrF2O3/c9-4-1-5(10)3(2-12)7(11)6(4)8(13)14/h1-2,13-14H. The van der Waals surface area contributed by atoms with E-state index in [-0.39, 0.29) is 10.8 Å². The monoisotopic (exact) mass is 264 g/mol. The number of benzene rings is 1. The zero-order valence-electron chi connectivity index (χ0n) is 6.67. The Labute approximate surface area is 86.6 Å². The summed E-state index contributed by atoms with van der Waals surface area (Å²) in [7, 11) is -2.11. The number of hydrogen-bond acceptors (Lipinski definition) is 3. The Kier molecular flexibility index (Phi) is 3.36. The van der Waals surface area contributed by atoms with Gasteiger partial charge in [0.1, 0.15) is 11.6 Å². The lowest BCUT2D eigenvalue weighted by Crippen LogP contribution is -2.35. The van der Waals surface area contributed by atoms with Crippen LogP contribution in [0.1, 0.15) is 10.4 Å². The van der Waals surface area contributed by atoms with Crippen LogP contribution in [0.25, 0.3) is 0 Å². The molecule has 0 saturated heterocycles. The summed E-state index contributed by atoms with van der Waals surface area (Å²) in [5.41, 5.74) is -1.38. The number of hydrogen-bond donors (Lipinski definition) is 2. The van der Waals surface area contributed by atoms with Crippen LogP contribution >= 0.6 is 15.9 Å². The van der Waals surface area contributed by atoms with Gasteiger partial charge in [-0.1, -0.05) is 15.9 Å². The summed E-state index contributed by atoms with van der Waals surface area (Å²) in [5, 5.41) is 17.5. The maximum Gasteiger partial charge on any atom is 0.492 e. The number of halogens is 3. The average molecular weight is 265 g/mol. The lowest BCUT2D eigenvalue weighted by molar-refractivity contribution is 0.111. The minimum absolute atomic E-state index is 0.0248. The van der Waals surface area contributed by atoms with Crippen LogP contribution in [0.5, 0.6) is 0 Å². The van der Waals surface area contributed by atoms with E-state index >= 15 is 0 Å². The van der Waals surface area contributed by atoms with Gasteiger partial charge < -0.3 is 10.0 Å². The zero-order chi connectivity index (χ0) is 10.9. The van der Waals surface area contributed by atoms with Crippen LogP contribution in [-0.4, -0.2) is 23.5 Å². The van der Waals surface area contributed by atoms with E-state index in [1.165, 1.54) is 0 Å². The second kappa shape index (κ2) is 4.16. The Balaban J connectivity index is 3.51. The molecule has 14 heavy (non-hydrogen) atoms. The predicted octanol–water partition coefficient (Wildman–Crippen LogP) is 0.220. The topological polar surface area (TPSA) is 57.5 Å². The minimum Gasteiger partial charge on any atom is -0.423 e. The smallest absolute Gasteiger partial charge is 0.423 e. The fraction of sp³-hybridized carbons (Fsp3) is 0. The van der Waals surface area contributed by atoms with Gasteiger partial charge >= 0.3 is 7.12 Å². The first-order valence-electron chi connectivity index (χ1n) is 3.47. The molecule has 3 nitrogen and oxygen atoms in total. The van der Waals surface area contributed by atoms with Crippen molar-refractivity contribution in [2.24, 2.45) is 0 Å². The predicted molar refractivity (Wildman–Crippen MR) is 49.3 cm³/mol. The Morgan fingerprint density at radius 2 is 2.00 bits per heavy atom. The number of carbonyl (C=O) groups is 1. The van der Waals surface area contributed by atoms with Crippen molar-refractivity contribution in [2.75, 3.05) is 0 Å². The second-order valence-electron chi connectivity index (χ2n) is 2.47. The summed E-state index contributed by atoms with van der Waals surface area (Å²) in [6, 6.07) is 0.793. The molecular weight excluding hydrogens is 261 g/mol. The molecular formula is C7H4BBrF2O3. The van der Waals surface area contributed by atoms with Gasteiger partial charge in [-0.3, -0.25) is 4.79 Å². The van der Waals surface area contributed by atoms with E-state index in [4.69, 9.17) is 10.0 Å². The molecule has 0 unspecified atom stereocenters. The third-order valence-corrected chi connectivity index (χ3v) is 2.27. The molecule has 0 heterocycles. The highest BCUT2D eigenvalue weighted by Gasteiger charge is 2.25. The molecule has 1 rings (SSSR count). The summed E-state index contributed by atoms with van der Waals surface area (Å²) in [4.78, 5) is 10.3. The molecule has 0 fully saturated rings. The Morgan fingerprint density at radius 1 is 1.43 bits per heavy atom. The summed E-state index contributed by atoms with van der Waals surface area (Å²) < 4.78 is 26.0. The molecule has 1 aromatic rings. The van der Waals surface area contributed by atoms with Crippen LogP contribution in [0.4, 0.5) is 8.78 Å². The molecule has 0 aliphatic carbocycles. The van der Waals surface area contributed by atoms with Gasteiger partial charge in [-0.25, -0.2) is 8.78 Å². The van der Waals surface area contributed by atoms with Gasteiger partial charge in [0.2, 0.25) is 0 Å². The highest BCUT2D eigenvalue weighted by molar-refractivity contribution is 9.10. The van der Waals surface area contributed by atoms with Crippen LogP contribution < -0.4 is 5.46 Å². The molecule has 0 atom stereocenters. The lowest BCUT2D eigenvalue weighted by atomic mass is 9.79. The normalized spacial score (nSPS) is 10.1. The van der Waals surface area contributed by atoms with E-state index in [0.29, 0.717) is 0 Å². The lowest BCUT2D eigenvalue weighted by Gasteiger charge is -2.07. The van der Waals surface area contributed by atoms with Crippen molar-refractivity contribution in [3.8, 4) is 0 Å². The van der Waals surface area contributed by atoms with Crippen LogP contribution in [0.3, 0.4) is 0 Å². The molecule has 0 spiro atoms. The van der Waals surface area contributed by atoms with Crippen molar-refractivity contribution >= 4 is 34.8 Å². The SMILES string of the molecule is O=Cc1c(F)cc(Br)c(B(O)O)c1F. The summed E-state index contributed by atoms with van der Waals surface area (Å²) in [5.74, 6) is -2.34. The van der Waals surface area contributed by atoms with Crippen molar-refractivity contribution in [1.29, 1.82) is 0 Å². The molecule has 7 heteroatoms. The number of rotatable bonds is 2. The van der Waals surface area contributed by atoms with Crippen molar-refractivity contribution in [2.45, 2.75) is 0 Å². The van der Waals surface area contributed by atoms with E-state index in [0.717, 1.165) is 6.07 Å². The van der Waals surface area contributed by atoms with Crippen molar-refractivity contribution in [3.05, 3.63) is 27.7 Å². The van der Waals surface area contributed by atoms with Gasteiger partial charge in [-0.2, -0.15) is 0 Å². The molecule has 0 aliphatic heterocycles. The second-order valence-corrected chi connectivity index (χ2v) is 3.33. The summed E-state index contributed by atoms with van der Waals surface area (Å²) in [6.45, 7) is 0. The van der Waals surface area contributed by atoms with E-state index < -0.39 is 29.8 Å². The van der Waals surface area contributed by atoms with E-state index in [1.807, 2.05) is 0 Å². The number of aldehydes is 1. The molecule has 0 amide bonds. The molecule has 0 saturated carbocycles. The Bertz CT molecular complexity index is 384. The quantitative estimate of drug-likeness (QED) is 0.594.